The van der Waals surface area contributed by atoms with E-state index in [-0.39, 0.29) is 40.4 Å². The van der Waals surface area contributed by atoms with E-state index in [0.717, 1.165) is 5.56 Å². The van der Waals surface area contributed by atoms with Crippen molar-refractivity contribution >= 4 is 44.8 Å². The average molecular weight is 431 g/mol. The third-order valence-electron chi connectivity index (χ3n) is 3.87. The summed E-state index contributed by atoms with van der Waals surface area (Å²) >= 11 is 11.7. The van der Waals surface area contributed by atoms with E-state index < -0.39 is 10.0 Å². The second-order valence-corrected chi connectivity index (χ2v) is 8.25. The first kappa shape index (κ1) is 21.5. The summed E-state index contributed by atoms with van der Waals surface area (Å²) in [4.78, 5) is 13.7. The minimum Gasteiger partial charge on any atom is -0.395 e. The molecule has 9 heteroatoms. The summed E-state index contributed by atoms with van der Waals surface area (Å²) in [5.41, 5.74) is 1.11. The number of nitrogens with zero attached hydrogens (tertiary/aromatic N) is 1. The molecular formula is C18H20Cl2N2O4S. The van der Waals surface area contributed by atoms with Gasteiger partial charge in [-0.15, -0.1) is 0 Å². The van der Waals surface area contributed by atoms with Crippen molar-refractivity contribution in [3.8, 4) is 0 Å². The van der Waals surface area contributed by atoms with Crippen molar-refractivity contribution in [3.63, 3.8) is 0 Å². The van der Waals surface area contributed by atoms with E-state index in [1.165, 1.54) is 18.2 Å². The lowest BCUT2D eigenvalue weighted by Gasteiger charge is -2.19. The lowest BCUT2D eigenvalue weighted by atomic mass is 10.1. The maximum absolute atomic E-state index is 12.4. The van der Waals surface area contributed by atoms with Crippen molar-refractivity contribution in [3.05, 3.63) is 58.1 Å². The molecule has 0 aliphatic rings. The number of aliphatic hydroxyl groups is 1. The van der Waals surface area contributed by atoms with Gasteiger partial charge < -0.3 is 10.0 Å². The van der Waals surface area contributed by atoms with Gasteiger partial charge in [0.2, 0.25) is 5.91 Å². The Hall–Kier alpha value is -1.80. The maximum Gasteiger partial charge on any atom is 0.261 e. The van der Waals surface area contributed by atoms with Crippen LogP contribution in [0.3, 0.4) is 0 Å². The van der Waals surface area contributed by atoms with Gasteiger partial charge in [-0.3, -0.25) is 9.52 Å². The number of nitrogens with one attached hydrogen (secondary N) is 1. The largest absolute Gasteiger partial charge is 0.395 e. The number of carbonyl (C=O) groups excluding carboxylic acids is 1. The van der Waals surface area contributed by atoms with E-state index in [9.17, 15) is 13.2 Å². The summed E-state index contributed by atoms with van der Waals surface area (Å²) in [6.07, 6.45) is 0.174. The van der Waals surface area contributed by atoms with Gasteiger partial charge in [0.25, 0.3) is 10.0 Å². The number of benzene rings is 2. The molecule has 2 N–H and O–H groups in total. The Bertz CT molecular complexity index is 902. The monoisotopic (exact) mass is 430 g/mol. The molecule has 0 saturated heterocycles. The van der Waals surface area contributed by atoms with E-state index in [0.29, 0.717) is 12.2 Å². The first-order chi connectivity index (χ1) is 12.8. The van der Waals surface area contributed by atoms with Crippen LogP contribution in [0, 0.1) is 0 Å². The average Bonchev–Trinajstić information content (AvgIpc) is 2.63. The molecule has 0 bridgehead atoms. The highest BCUT2D eigenvalue weighted by Crippen LogP contribution is 2.26. The van der Waals surface area contributed by atoms with Gasteiger partial charge in [0, 0.05) is 18.8 Å². The van der Waals surface area contributed by atoms with Gasteiger partial charge in [0.05, 0.1) is 28.0 Å². The number of hydrogen-bond donors (Lipinski definition) is 2. The van der Waals surface area contributed by atoms with Crippen LogP contribution in [0.2, 0.25) is 10.0 Å². The second-order valence-electron chi connectivity index (χ2n) is 5.75. The van der Waals surface area contributed by atoms with Crippen LogP contribution >= 0.6 is 23.2 Å². The first-order valence-electron chi connectivity index (χ1n) is 8.22. The molecule has 0 aliphatic heterocycles. The number of anilines is 1. The molecule has 0 aliphatic carbocycles. The van der Waals surface area contributed by atoms with Crippen molar-refractivity contribution in [2.75, 3.05) is 24.4 Å². The van der Waals surface area contributed by atoms with E-state index in [1.54, 1.807) is 29.2 Å². The molecule has 0 atom stereocenters. The third-order valence-corrected chi connectivity index (χ3v) is 5.99. The van der Waals surface area contributed by atoms with Gasteiger partial charge in [-0.25, -0.2) is 8.42 Å². The summed E-state index contributed by atoms with van der Waals surface area (Å²) in [6.45, 7) is 2.56. The summed E-state index contributed by atoms with van der Waals surface area (Å²) in [5.74, 6) is -0.101. The molecule has 2 aromatic rings. The van der Waals surface area contributed by atoms with Gasteiger partial charge in [-0.2, -0.15) is 0 Å². The molecule has 6 nitrogen and oxygen atoms in total. The highest BCUT2D eigenvalue weighted by Gasteiger charge is 2.16. The Morgan fingerprint density at radius 3 is 2.33 bits per heavy atom. The summed E-state index contributed by atoms with van der Waals surface area (Å²) in [6, 6.07) is 10.6. The van der Waals surface area contributed by atoms with E-state index in [2.05, 4.69) is 4.72 Å². The number of likely N-dealkylation sites (N-methyl/N-ethyl adjacent to an activating group) is 1. The molecule has 27 heavy (non-hydrogen) atoms. The van der Waals surface area contributed by atoms with Gasteiger partial charge in [-0.1, -0.05) is 35.3 Å². The topological polar surface area (TPSA) is 86.7 Å². The van der Waals surface area contributed by atoms with Gasteiger partial charge >= 0.3 is 0 Å². The van der Waals surface area contributed by atoms with Crippen molar-refractivity contribution in [2.45, 2.75) is 18.2 Å². The van der Waals surface area contributed by atoms with Crippen LogP contribution in [0.1, 0.15) is 12.5 Å². The SMILES string of the molecule is CCN(CCO)C(=O)Cc1ccc(NS(=O)(=O)c2ccc(Cl)c(Cl)c2)cc1. The van der Waals surface area contributed by atoms with Crippen LogP contribution in [-0.4, -0.2) is 44.0 Å². The Morgan fingerprint density at radius 2 is 1.78 bits per heavy atom. The normalized spacial score (nSPS) is 11.3. The van der Waals surface area contributed by atoms with Crippen molar-refractivity contribution in [2.24, 2.45) is 0 Å². The van der Waals surface area contributed by atoms with E-state index in [4.69, 9.17) is 28.3 Å². The first-order valence-corrected chi connectivity index (χ1v) is 10.5. The molecule has 0 spiro atoms. The number of rotatable bonds is 8. The van der Waals surface area contributed by atoms with Crippen LogP contribution in [0.5, 0.6) is 0 Å². The van der Waals surface area contributed by atoms with Gasteiger partial charge in [0.1, 0.15) is 0 Å². The Morgan fingerprint density at radius 1 is 1.11 bits per heavy atom. The van der Waals surface area contributed by atoms with Crippen molar-refractivity contribution in [1.29, 1.82) is 0 Å². The smallest absolute Gasteiger partial charge is 0.261 e. The zero-order valence-electron chi connectivity index (χ0n) is 14.7. The van der Waals surface area contributed by atoms with Crippen LogP contribution in [-0.2, 0) is 21.2 Å². The Labute approximate surface area is 168 Å². The molecule has 146 valence electrons. The van der Waals surface area contributed by atoms with E-state index in [1.807, 2.05) is 6.92 Å². The number of aliphatic hydroxyl groups excluding tert-OH is 1. The number of amides is 1. The molecule has 0 aromatic heterocycles. The number of carbonyl (C=O) groups is 1. The maximum atomic E-state index is 12.4. The fraction of sp³-hybridized carbons (Fsp3) is 0.278. The Kier molecular flexibility index (Phi) is 7.49. The fourth-order valence-corrected chi connectivity index (χ4v) is 3.86. The highest BCUT2D eigenvalue weighted by molar-refractivity contribution is 7.92. The van der Waals surface area contributed by atoms with Crippen LogP contribution in [0.4, 0.5) is 5.69 Å². The molecular weight excluding hydrogens is 411 g/mol. The highest BCUT2D eigenvalue weighted by atomic mass is 35.5. The van der Waals surface area contributed by atoms with Crippen LogP contribution < -0.4 is 4.72 Å². The molecule has 0 saturated carbocycles. The molecule has 2 aromatic carbocycles. The zero-order valence-corrected chi connectivity index (χ0v) is 17.0. The summed E-state index contributed by atoms with van der Waals surface area (Å²) in [7, 11) is -3.81. The molecule has 2 rings (SSSR count). The summed E-state index contributed by atoms with van der Waals surface area (Å²) in [5, 5.41) is 9.40. The molecule has 0 fully saturated rings. The zero-order chi connectivity index (χ0) is 20.0. The van der Waals surface area contributed by atoms with Gasteiger partial charge in [0.15, 0.2) is 0 Å². The number of hydrogen-bond acceptors (Lipinski definition) is 4. The Balaban J connectivity index is 2.08. The molecule has 1 amide bonds. The van der Waals surface area contributed by atoms with Crippen LogP contribution in [0.25, 0.3) is 0 Å². The number of halogens is 2. The minimum absolute atomic E-state index is 0.00116. The quantitative estimate of drug-likeness (QED) is 0.672. The molecule has 0 radical (unpaired) electrons. The van der Waals surface area contributed by atoms with E-state index >= 15 is 0 Å². The van der Waals surface area contributed by atoms with Crippen molar-refractivity contribution in [1.82, 2.24) is 4.90 Å². The molecule has 0 unspecified atom stereocenters. The number of sulfonamides is 1. The van der Waals surface area contributed by atoms with Gasteiger partial charge in [-0.05, 0) is 42.8 Å². The predicted molar refractivity (Wildman–Crippen MR) is 107 cm³/mol. The van der Waals surface area contributed by atoms with Crippen LogP contribution in [0.15, 0.2) is 47.4 Å². The standard InChI is InChI=1S/C18H20Cl2N2O4S/c1-2-22(9-10-23)18(24)11-13-3-5-14(6-4-13)21-27(25,26)15-7-8-16(19)17(20)12-15/h3-8,12,21,23H,2,9-11H2,1H3. The summed E-state index contributed by atoms with van der Waals surface area (Å²) < 4.78 is 27.3. The third kappa shape index (κ3) is 5.84. The fourth-order valence-electron chi connectivity index (χ4n) is 2.42. The minimum atomic E-state index is -3.81. The lowest BCUT2D eigenvalue weighted by Crippen LogP contribution is -2.34. The van der Waals surface area contributed by atoms with Crippen molar-refractivity contribution < 1.29 is 18.3 Å². The predicted octanol–water partition coefficient (Wildman–Crippen LogP) is 3.18. The second kappa shape index (κ2) is 9.41. The molecule has 0 heterocycles. The lowest BCUT2D eigenvalue weighted by molar-refractivity contribution is -0.130.